The number of benzene rings is 2. The van der Waals surface area contributed by atoms with Gasteiger partial charge in [-0.15, -0.1) is 0 Å². The van der Waals surface area contributed by atoms with E-state index in [9.17, 15) is 17.6 Å². The van der Waals surface area contributed by atoms with E-state index in [0.29, 0.717) is 30.0 Å². The molecule has 29 heavy (non-hydrogen) atoms. The predicted octanol–water partition coefficient (Wildman–Crippen LogP) is 3.38. The van der Waals surface area contributed by atoms with Crippen molar-refractivity contribution in [2.45, 2.75) is 13.0 Å². The Labute approximate surface area is 166 Å². The molecule has 150 valence electrons. The molecule has 0 amide bonds. The second-order valence-corrected chi connectivity index (χ2v) is 8.51. The smallest absolute Gasteiger partial charge is 0.338 e. The minimum absolute atomic E-state index is 0.0994. The van der Waals surface area contributed by atoms with Gasteiger partial charge in [-0.05, 0) is 48.9 Å². The number of halogens is 1. The lowest BCUT2D eigenvalue weighted by Crippen LogP contribution is -2.25. The third-order valence-corrected chi connectivity index (χ3v) is 6.35. The summed E-state index contributed by atoms with van der Waals surface area (Å²) in [4.78, 5) is 16.4. The molecule has 0 bridgehead atoms. The SMILES string of the molecule is O=C(OCc1ncc(-c2ccc(F)cc2)o1)c1cccc(N2CCCS2(=O)=O)c1. The Morgan fingerprint density at radius 2 is 2.00 bits per heavy atom. The molecule has 0 radical (unpaired) electrons. The largest absolute Gasteiger partial charge is 0.452 e. The number of aromatic nitrogens is 1. The summed E-state index contributed by atoms with van der Waals surface area (Å²) in [5.74, 6) is -0.257. The third kappa shape index (κ3) is 4.14. The van der Waals surface area contributed by atoms with Crippen LogP contribution in [0.4, 0.5) is 10.1 Å². The summed E-state index contributed by atoms with van der Waals surface area (Å²) in [6, 6.07) is 12.0. The van der Waals surface area contributed by atoms with Gasteiger partial charge in [0.2, 0.25) is 15.9 Å². The highest BCUT2D eigenvalue weighted by molar-refractivity contribution is 7.93. The van der Waals surface area contributed by atoms with Crippen molar-refractivity contribution in [3.05, 3.63) is 72.0 Å². The molecule has 0 spiro atoms. The molecule has 1 fully saturated rings. The number of nitrogens with zero attached hydrogens (tertiary/aromatic N) is 2. The third-order valence-electron chi connectivity index (χ3n) is 4.48. The molecule has 1 saturated heterocycles. The molecule has 1 aliphatic rings. The van der Waals surface area contributed by atoms with Crippen LogP contribution in [-0.4, -0.2) is 31.7 Å². The average Bonchev–Trinajstić information content (AvgIpc) is 3.32. The van der Waals surface area contributed by atoms with Crippen LogP contribution in [0.1, 0.15) is 22.7 Å². The van der Waals surface area contributed by atoms with E-state index in [2.05, 4.69) is 4.98 Å². The van der Waals surface area contributed by atoms with Crippen molar-refractivity contribution in [2.24, 2.45) is 0 Å². The number of sulfonamides is 1. The van der Waals surface area contributed by atoms with E-state index in [1.807, 2.05) is 0 Å². The summed E-state index contributed by atoms with van der Waals surface area (Å²) in [6.07, 6.45) is 2.02. The zero-order valence-electron chi connectivity index (χ0n) is 15.2. The number of esters is 1. The van der Waals surface area contributed by atoms with Gasteiger partial charge in [-0.1, -0.05) is 6.07 Å². The standard InChI is InChI=1S/C20H17FN2O5S/c21-16-7-5-14(6-8-16)18-12-22-19(28-18)13-27-20(24)15-3-1-4-17(11-15)23-9-2-10-29(23,25)26/h1,3-8,11-12H,2,9-10,13H2. The molecule has 9 heteroatoms. The minimum atomic E-state index is -3.33. The molecule has 0 unspecified atom stereocenters. The lowest BCUT2D eigenvalue weighted by Gasteiger charge is -2.17. The maximum absolute atomic E-state index is 13.0. The van der Waals surface area contributed by atoms with Crippen LogP contribution in [0.3, 0.4) is 0 Å². The number of hydrogen-bond donors (Lipinski definition) is 0. The Balaban J connectivity index is 1.43. The Morgan fingerprint density at radius 3 is 2.72 bits per heavy atom. The van der Waals surface area contributed by atoms with Gasteiger partial charge in [-0.2, -0.15) is 0 Å². The van der Waals surface area contributed by atoms with Crippen molar-refractivity contribution in [3.8, 4) is 11.3 Å². The molecule has 4 rings (SSSR count). The normalized spacial score (nSPS) is 15.4. The van der Waals surface area contributed by atoms with Gasteiger partial charge in [0.05, 0.1) is 23.2 Å². The summed E-state index contributed by atoms with van der Waals surface area (Å²) in [6.45, 7) is 0.204. The molecule has 7 nitrogen and oxygen atoms in total. The van der Waals surface area contributed by atoms with Crippen LogP contribution in [0.5, 0.6) is 0 Å². The maximum atomic E-state index is 13.0. The van der Waals surface area contributed by atoms with Gasteiger partial charge in [0.25, 0.3) is 0 Å². The zero-order valence-corrected chi connectivity index (χ0v) is 16.1. The highest BCUT2D eigenvalue weighted by Crippen LogP contribution is 2.25. The molecule has 0 N–H and O–H groups in total. The van der Waals surface area contributed by atoms with E-state index in [1.165, 1.54) is 28.7 Å². The zero-order chi connectivity index (χ0) is 20.4. The van der Waals surface area contributed by atoms with Gasteiger partial charge >= 0.3 is 5.97 Å². The van der Waals surface area contributed by atoms with Crippen LogP contribution in [0.15, 0.2) is 59.1 Å². The number of carbonyl (C=O) groups excluding carboxylic acids is 1. The summed E-state index contributed by atoms with van der Waals surface area (Å²) in [5, 5.41) is 0. The van der Waals surface area contributed by atoms with Crippen molar-refractivity contribution >= 4 is 21.7 Å². The van der Waals surface area contributed by atoms with Gasteiger partial charge in [0, 0.05) is 12.1 Å². The molecule has 2 heterocycles. The summed E-state index contributed by atoms with van der Waals surface area (Å²) >= 11 is 0. The fourth-order valence-electron chi connectivity index (χ4n) is 3.05. The van der Waals surface area contributed by atoms with Crippen molar-refractivity contribution in [2.75, 3.05) is 16.6 Å². The van der Waals surface area contributed by atoms with Gasteiger partial charge in [0.15, 0.2) is 12.4 Å². The van der Waals surface area contributed by atoms with Crippen LogP contribution in [-0.2, 0) is 21.4 Å². The van der Waals surface area contributed by atoms with E-state index < -0.39 is 16.0 Å². The average molecular weight is 416 g/mol. The molecule has 0 atom stereocenters. The van der Waals surface area contributed by atoms with Crippen LogP contribution in [0, 0.1) is 5.82 Å². The van der Waals surface area contributed by atoms with Crippen LogP contribution >= 0.6 is 0 Å². The van der Waals surface area contributed by atoms with Crippen molar-refractivity contribution in [3.63, 3.8) is 0 Å². The van der Waals surface area contributed by atoms with Crippen molar-refractivity contribution < 1.29 is 26.8 Å². The molecule has 3 aromatic rings. The second-order valence-electron chi connectivity index (χ2n) is 6.49. The van der Waals surface area contributed by atoms with Gasteiger partial charge < -0.3 is 9.15 Å². The van der Waals surface area contributed by atoms with E-state index in [0.717, 1.165) is 0 Å². The van der Waals surface area contributed by atoms with E-state index in [-0.39, 0.29) is 29.6 Å². The van der Waals surface area contributed by atoms with Crippen LogP contribution in [0.25, 0.3) is 11.3 Å². The van der Waals surface area contributed by atoms with E-state index in [4.69, 9.17) is 9.15 Å². The first-order valence-electron chi connectivity index (χ1n) is 8.91. The highest BCUT2D eigenvalue weighted by Gasteiger charge is 2.28. The van der Waals surface area contributed by atoms with Gasteiger partial charge in [-0.25, -0.2) is 22.6 Å². The lowest BCUT2D eigenvalue weighted by molar-refractivity contribution is 0.0439. The molecule has 2 aromatic carbocycles. The number of rotatable bonds is 5. The first kappa shape index (κ1) is 19.1. The second kappa shape index (κ2) is 7.67. The summed E-state index contributed by atoms with van der Waals surface area (Å²) in [5.41, 5.74) is 1.32. The maximum Gasteiger partial charge on any atom is 0.338 e. The van der Waals surface area contributed by atoms with Crippen LogP contribution in [0.2, 0.25) is 0 Å². The molecular weight excluding hydrogens is 399 g/mol. The first-order valence-corrected chi connectivity index (χ1v) is 10.5. The molecule has 0 saturated carbocycles. The minimum Gasteiger partial charge on any atom is -0.452 e. The van der Waals surface area contributed by atoms with Crippen molar-refractivity contribution in [1.82, 2.24) is 4.98 Å². The fourth-order valence-corrected chi connectivity index (χ4v) is 4.61. The number of ether oxygens (including phenoxy) is 1. The first-order chi connectivity index (χ1) is 13.9. The monoisotopic (exact) mass is 416 g/mol. The summed E-state index contributed by atoms with van der Waals surface area (Å²) in [7, 11) is -3.33. The van der Waals surface area contributed by atoms with Crippen molar-refractivity contribution in [1.29, 1.82) is 0 Å². The molecular formula is C20H17FN2O5S. The lowest BCUT2D eigenvalue weighted by atomic mass is 10.2. The Hall–Kier alpha value is -3.20. The number of oxazole rings is 1. The predicted molar refractivity (Wildman–Crippen MR) is 103 cm³/mol. The molecule has 0 aliphatic carbocycles. The van der Waals surface area contributed by atoms with Gasteiger partial charge in [-0.3, -0.25) is 4.31 Å². The number of anilines is 1. The quantitative estimate of drug-likeness (QED) is 0.593. The fraction of sp³-hybridized carbons (Fsp3) is 0.200. The Morgan fingerprint density at radius 1 is 1.21 bits per heavy atom. The number of hydrogen-bond acceptors (Lipinski definition) is 6. The molecule has 1 aromatic heterocycles. The van der Waals surface area contributed by atoms with E-state index in [1.54, 1.807) is 30.3 Å². The molecule has 1 aliphatic heterocycles. The number of carbonyl (C=O) groups is 1. The van der Waals surface area contributed by atoms with Crippen LogP contribution < -0.4 is 4.31 Å². The van der Waals surface area contributed by atoms with Gasteiger partial charge in [0.1, 0.15) is 5.82 Å². The Bertz CT molecular complexity index is 1140. The van der Waals surface area contributed by atoms with E-state index >= 15 is 0 Å². The topological polar surface area (TPSA) is 89.7 Å². The highest BCUT2D eigenvalue weighted by atomic mass is 32.2. The summed E-state index contributed by atoms with van der Waals surface area (Å²) < 4.78 is 49.2. The Kier molecular flexibility index (Phi) is 5.06.